The molecule has 3 nitrogen and oxygen atoms in total. The van der Waals surface area contributed by atoms with Crippen molar-refractivity contribution >= 4 is 16.5 Å². The van der Waals surface area contributed by atoms with Crippen LogP contribution in [0.4, 0.5) is 5.69 Å². The quantitative estimate of drug-likeness (QED) is 0.765. The van der Waals surface area contributed by atoms with E-state index in [9.17, 15) is 0 Å². The molecule has 1 atom stereocenters. The highest BCUT2D eigenvalue weighted by molar-refractivity contribution is 5.86. The molecular weight excluding hydrogens is 246 g/mol. The van der Waals surface area contributed by atoms with Crippen LogP contribution in [0.5, 0.6) is 0 Å². The highest BCUT2D eigenvalue weighted by atomic mass is 15.3. The maximum absolute atomic E-state index is 4.30. The van der Waals surface area contributed by atoms with Crippen molar-refractivity contribution in [2.24, 2.45) is 0 Å². The van der Waals surface area contributed by atoms with E-state index in [0.717, 1.165) is 12.2 Å². The summed E-state index contributed by atoms with van der Waals surface area (Å²) in [4.78, 5) is 0. The molecule has 0 saturated heterocycles. The summed E-state index contributed by atoms with van der Waals surface area (Å²) >= 11 is 0. The second-order valence-electron chi connectivity index (χ2n) is 5.02. The number of nitrogens with one attached hydrogen (secondary N) is 1. The van der Waals surface area contributed by atoms with Gasteiger partial charge in [-0.15, -0.1) is 0 Å². The Morgan fingerprint density at radius 3 is 2.75 bits per heavy atom. The molecule has 3 aromatic rings. The third-order valence-electron chi connectivity index (χ3n) is 3.63. The van der Waals surface area contributed by atoms with Crippen LogP contribution < -0.4 is 5.32 Å². The van der Waals surface area contributed by atoms with Gasteiger partial charge in [0.2, 0.25) is 0 Å². The van der Waals surface area contributed by atoms with Gasteiger partial charge in [-0.2, -0.15) is 5.10 Å². The van der Waals surface area contributed by atoms with E-state index in [1.165, 1.54) is 16.3 Å². The Kier molecular flexibility index (Phi) is 3.42. The van der Waals surface area contributed by atoms with Crippen molar-refractivity contribution in [1.82, 2.24) is 9.78 Å². The van der Waals surface area contributed by atoms with Gasteiger partial charge in [0.15, 0.2) is 0 Å². The molecule has 3 rings (SSSR count). The maximum atomic E-state index is 4.30. The number of aryl methyl sites for hydroxylation is 1. The van der Waals surface area contributed by atoms with Gasteiger partial charge in [-0.1, -0.05) is 42.5 Å². The zero-order chi connectivity index (χ0) is 13.9. The summed E-state index contributed by atoms with van der Waals surface area (Å²) in [5, 5.41) is 10.4. The summed E-state index contributed by atoms with van der Waals surface area (Å²) in [5.41, 5.74) is 2.37. The van der Waals surface area contributed by atoms with Crippen LogP contribution in [-0.2, 0) is 6.54 Å². The van der Waals surface area contributed by atoms with Gasteiger partial charge in [0.1, 0.15) is 0 Å². The molecule has 1 N–H and O–H groups in total. The van der Waals surface area contributed by atoms with Gasteiger partial charge in [0, 0.05) is 18.8 Å². The average molecular weight is 265 g/mol. The van der Waals surface area contributed by atoms with E-state index in [1.807, 2.05) is 17.1 Å². The summed E-state index contributed by atoms with van der Waals surface area (Å²) in [6.45, 7) is 5.17. The van der Waals surface area contributed by atoms with Crippen molar-refractivity contribution in [3.8, 4) is 0 Å². The van der Waals surface area contributed by atoms with Crippen LogP contribution in [0.25, 0.3) is 10.8 Å². The standard InChI is InChI=1S/C17H19N3/c1-3-20-12-15(11-18-20)19-13(2)16-10-6-8-14-7-4-5-9-17(14)16/h4-13,19H,3H2,1-2H3. The smallest absolute Gasteiger partial charge is 0.0731 e. The molecule has 0 radical (unpaired) electrons. The van der Waals surface area contributed by atoms with Gasteiger partial charge in [-0.25, -0.2) is 0 Å². The third-order valence-corrected chi connectivity index (χ3v) is 3.63. The van der Waals surface area contributed by atoms with Crippen LogP contribution in [0.1, 0.15) is 25.5 Å². The normalized spacial score (nSPS) is 12.5. The fourth-order valence-electron chi connectivity index (χ4n) is 2.57. The Bertz CT molecular complexity index is 710. The van der Waals surface area contributed by atoms with E-state index < -0.39 is 0 Å². The Morgan fingerprint density at radius 1 is 1.15 bits per heavy atom. The maximum Gasteiger partial charge on any atom is 0.0731 e. The predicted molar refractivity (Wildman–Crippen MR) is 83.9 cm³/mol. The lowest BCUT2D eigenvalue weighted by Gasteiger charge is -2.16. The van der Waals surface area contributed by atoms with Crippen molar-refractivity contribution in [1.29, 1.82) is 0 Å². The van der Waals surface area contributed by atoms with E-state index in [0.29, 0.717) is 0 Å². The SMILES string of the molecule is CCn1cc(NC(C)c2cccc3ccccc23)cn1. The number of nitrogens with zero attached hydrogens (tertiary/aromatic N) is 2. The minimum atomic E-state index is 0.246. The molecule has 102 valence electrons. The first kappa shape index (κ1) is 12.7. The summed E-state index contributed by atoms with van der Waals surface area (Å²) in [6, 6.07) is 15.2. The molecule has 0 spiro atoms. The monoisotopic (exact) mass is 265 g/mol. The van der Waals surface area contributed by atoms with E-state index in [-0.39, 0.29) is 6.04 Å². The van der Waals surface area contributed by atoms with Crippen LogP contribution in [0.15, 0.2) is 54.9 Å². The summed E-state index contributed by atoms with van der Waals surface area (Å²) in [6.07, 6.45) is 3.92. The molecule has 0 saturated carbocycles. The number of anilines is 1. The van der Waals surface area contributed by atoms with Crippen LogP contribution >= 0.6 is 0 Å². The highest BCUT2D eigenvalue weighted by Gasteiger charge is 2.09. The lowest BCUT2D eigenvalue weighted by Crippen LogP contribution is -2.06. The van der Waals surface area contributed by atoms with Gasteiger partial charge in [-0.3, -0.25) is 4.68 Å². The zero-order valence-electron chi connectivity index (χ0n) is 11.9. The van der Waals surface area contributed by atoms with Gasteiger partial charge < -0.3 is 5.32 Å². The first-order valence-corrected chi connectivity index (χ1v) is 7.04. The first-order chi connectivity index (χ1) is 9.78. The van der Waals surface area contributed by atoms with E-state index >= 15 is 0 Å². The predicted octanol–water partition coefficient (Wildman–Crippen LogP) is 4.23. The first-order valence-electron chi connectivity index (χ1n) is 7.04. The molecule has 0 aliphatic heterocycles. The average Bonchev–Trinajstić information content (AvgIpc) is 2.94. The van der Waals surface area contributed by atoms with Crippen molar-refractivity contribution < 1.29 is 0 Å². The van der Waals surface area contributed by atoms with Crippen LogP contribution in [-0.4, -0.2) is 9.78 Å². The van der Waals surface area contributed by atoms with Crippen molar-refractivity contribution in [2.75, 3.05) is 5.32 Å². The minimum Gasteiger partial charge on any atom is -0.376 e. The molecule has 2 aromatic carbocycles. The molecule has 0 aliphatic carbocycles. The lowest BCUT2D eigenvalue weighted by atomic mass is 10.00. The van der Waals surface area contributed by atoms with Gasteiger partial charge in [0.25, 0.3) is 0 Å². The third kappa shape index (κ3) is 2.39. The van der Waals surface area contributed by atoms with E-state index in [1.54, 1.807) is 0 Å². The van der Waals surface area contributed by atoms with Crippen LogP contribution in [0, 0.1) is 0 Å². The lowest BCUT2D eigenvalue weighted by molar-refractivity contribution is 0.660. The molecule has 0 amide bonds. The molecule has 20 heavy (non-hydrogen) atoms. The molecule has 1 heterocycles. The number of fused-ring (bicyclic) bond motifs is 1. The molecule has 0 aliphatic rings. The Balaban J connectivity index is 1.90. The molecule has 0 bridgehead atoms. The second kappa shape index (κ2) is 5.37. The topological polar surface area (TPSA) is 29.9 Å². The molecule has 1 aromatic heterocycles. The minimum absolute atomic E-state index is 0.246. The molecule has 3 heteroatoms. The van der Waals surface area contributed by atoms with Gasteiger partial charge in [-0.05, 0) is 30.2 Å². The largest absolute Gasteiger partial charge is 0.376 e. The molecule has 0 fully saturated rings. The number of aromatic nitrogens is 2. The fourth-order valence-corrected chi connectivity index (χ4v) is 2.57. The number of hydrogen-bond acceptors (Lipinski definition) is 2. The van der Waals surface area contributed by atoms with Crippen molar-refractivity contribution in [2.45, 2.75) is 26.4 Å². The summed E-state index contributed by atoms with van der Waals surface area (Å²) in [7, 11) is 0. The van der Waals surface area contributed by atoms with E-state index in [4.69, 9.17) is 0 Å². The summed E-state index contributed by atoms with van der Waals surface area (Å²) < 4.78 is 1.93. The molecule has 1 unspecified atom stereocenters. The second-order valence-corrected chi connectivity index (χ2v) is 5.02. The van der Waals surface area contributed by atoms with Crippen LogP contribution in [0.2, 0.25) is 0 Å². The number of rotatable bonds is 4. The number of hydrogen-bond donors (Lipinski definition) is 1. The number of benzene rings is 2. The molecular formula is C17H19N3. The van der Waals surface area contributed by atoms with E-state index in [2.05, 4.69) is 66.7 Å². The summed E-state index contributed by atoms with van der Waals surface area (Å²) in [5.74, 6) is 0. The Labute approximate surface area is 119 Å². The van der Waals surface area contributed by atoms with Crippen LogP contribution in [0.3, 0.4) is 0 Å². The van der Waals surface area contributed by atoms with Crippen molar-refractivity contribution in [3.05, 3.63) is 60.4 Å². The Morgan fingerprint density at radius 2 is 1.95 bits per heavy atom. The van der Waals surface area contributed by atoms with Crippen molar-refractivity contribution in [3.63, 3.8) is 0 Å². The zero-order valence-corrected chi connectivity index (χ0v) is 11.9. The Hall–Kier alpha value is -2.29. The van der Waals surface area contributed by atoms with Gasteiger partial charge >= 0.3 is 0 Å². The highest BCUT2D eigenvalue weighted by Crippen LogP contribution is 2.26. The van der Waals surface area contributed by atoms with Gasteiger partial charge in [0.05, 0.1) is 11.9 Å². The fraction of sp³-hybridized carbons (Fsp3) is 0.235.